The van der Waals surface area contributed by atoms with E-state index in [4.69, 9.17) is 15.6 Å². The highest BCUT2D eigenvalue weighted by Gasteiger charge is 2.43. The van der Waals surface area contributed by atoms with Crippen LogP contribution in [0.25, 0.3) is 11.0 Å². The van der Waals surface area contributed by atoms with E-state index in [0.717, 1.165) is 0 Å². The van der Waals surface area contributed by atoms with Crippen molar-refractivity contribution in [1.82, 2.24) is 14.5 Å². The molecule has 0 unspecified atom stereocenters. The van der Waals surface area contributed by atoms with Crippen LogP contribution in [0.5, 0.6) is 0 Å². The summed E-state index contributed by atoms with van der Waals surface area (Å²) in [4.78, 5) is 19.6. The molecule has 2 aromatic rings. The number of hydrogen-bond donors (Lipinski definition) is 4. The molecule has 112 valence electrons. The predicted octanol–water partition coefficient (Wildman–Crippen LogP) is -2.01. The highest BCUT2D eigenvalue weighted by molar-refractivity contribution is 5.84. The Morgan fingerprint density at radius 1 is 1.33 bits per heavy atom. The Balaban J connectivity index is 2.16. The molecule has 3 heterocycles. The van der Waals surface area contributed by atoms with Gasteiger partial charge in [0.1, 0.15) is 35.8 Å². The zero-order valence-electron chi connectivity index (χ0n) is 10.8. The van der Waals surface area contributed by atoms with Crippen LogP contribution in [0.15, 0.2) is 23.4 Å². The summed E-state index contributed by atoms with van der Waals surface area (Å²) in [5.41, 5.74) is 5.51. The number of fused-ring (bicyclic) bond motifs is 1. The van der Waals surface area contributed by atoms with E-state index in [2.05, 4.69) is 9.97 Å². The van der Waals surface area contributed by atoms with E-state index in [-0.39, 0.29) is 22.3 Å². The molecule has 3 rings (SSSR count). The number of aromatic nitrogens is 3. The second kappa shape index (κ2) is 5.04. The molecule has 0 spiro atoms. The van der Waals surface area contributed by atoms with Gasteiger partial charge in [0.2, 0.25) is 0 Å². The molecule has 0 amide bonds. The molecule has 4 atom stereocenters. The molecule has 1 saturated heterocycles. The first-order valence-electron chi connectivity index (χ1n) is 6.28. The molecular formula is C12H14N4O5. The molecule has 9 nitrogen and oxygen atoms in total. The van der Waals surface area contributed by atoms with Gasteiger partial charge in [-0.15, -0.1) is 0 Å². The maximum atomic E-state index is 11.9. The lowest BCUT2D eigenvalue weighted by Gasteiger charge is -2.20. The maximum absolute atomic E-state index is 11.9. The molecule has 1 fully saturated rings. The van der Waals surface area contributed by atoms with Gasteiger partial charge in [-0.05, 0) is 0 Å². The first-order chi connectivity index (χ1) is 10.0. The maximum Gasteiger partial charge on any atom is 0.194 e. The Morgan fingerprint density at radius 3 is 2.76 bits per heavy atom. The number of ether oxygens (including phenoxy) is 1. The van der Waals surface area contributed by atoms with Gasteiger partial charge < -0.3 is 30.4 Å². The van der Waals surface area contributed by atoms with E-state index in [1.807, 2.05) is 0 Å². The summed E-state index contributed by atoms with van der Waals surface area (Å²) in [5.74, 6) is 0.0195. The van der Waals surface area contributed by atoms with Crippen LogP contribution < -0.4 is 11.2 Å². The largest absolute Gasteiger partial charge is 0.394 e. The summed E-state index contributed by atoms with van der Waals surface area (Å²) in [5, 5.41) is 29.1. The lowest BCUT2D eigenvalue weighted by atomic mass is 10.1. The monoisotopic (exact) mass is 294 g/mol. The van der Waals surface area contributed by atoms with Crippen LogP contribution in [0.3, 0.4) is 0 Å². The van der Waals surface area contributed by atoms with Gasteiger partial charge in [-0.1, -0.05) is 0 Å². The second-order valence-corrected chi connectivity index (χ2v) is 4.77. The minimum absolute atomic E-state index is 0.0195. The zero-order chi connectivity index (χ0) is 15.1. The van der Waals surface area contributed by atoms with Crippen LogP contribution in [0.1, 0.15) is 6.23 Å². The van der Waals surface area contributed by atoms with Crippen molar-refractivity contribution in [2.45, 2.75) is 24.5 Å². The summed E-state index contributed by atoms with van der Waals surface area (Å²) in [6.45, 7) is -0.440. The van der Waals surface area contributed by atoms with Gasteiger partial charge in [-0.25, -0.2) is 9.97 Å². The number of anilines is 1. The molecule has 0 aliphatic carbocycles. The Morgan fingerprint density at radius 2 is 2.10 bits per heavy atom. The lowest BCUT2D eigenvalue weighted by molar-refractivity contribution is -0.0511. The molecule has 0 aromatic carbocycles. The van der Waals surface area contributed by atoms with E-state index in [1.165, 1.54) is 23.2 Å². The zero-order valence-corrected chi connectivity index (χ0v) is 10.8. The minimum Gasteiger partial charge on any atom is -0.394 e. The Labute approximate surface area is 118 Å². The molecule has 1 aliphatic heterocycles. The van der Waals surface area contributed by atoms with Gasteiger partial charge in [-0.2, -0.15) is 0 Å². The standard InChI is InChI=1S/C12H14N4O5/c13-10-7-5(18)1-2-16(11(7)15-4-14-10)12-9(20)8(19)6(3-17)21-12/h1-2,4,6,8-9,12,17,19-20H,3H2,(H2,13,14,15)/t6-,8-,9+,12-/m1/s1. The third-order valence-corrected chi connectivity index (χ3v) is 3.53. The summed E-state index contributed by atoms with van der Waals surface area (Å²) >= 11 is 0. The van der Waals surface area contributed by atoms with Gasteiger partial charge >= 0.3 is 0 Å². The molecule has 9 heteroatoms. The van der Waals surface area contributed by atoms with Crippen LogP contribution in [0.2, 0.25) is 0 Å². The number of aliphatic hydroxyl groups is 3. The average molecular weight is 294 g/mol. The van der Waals surface area contributed by atoms with E-state index in [1.54, 1.807) is 0 Å². The van der Waals surface area contributed by atoms with Crippen molar-refractivity contribution in [3.63, 3.8) is 0 Å². The fourth-order valence-corrected chi connectivity index (χ4v) is 2.44. The normalized spacial score (nSPS) is 29.1. The average Bonchev–Trinajstić information content (AvgIpc) is 2.76. The number of aliphatic hydroxyl groups excluding tert-OH is 3. The van der Waals surface area contributed by atoms with Gasteiger partial charge in [0, 0.05) is 12.3 Å². The smallest absolute Gasteiger partial charge is 0.194 e. The van der Waals surface area contributed by atoms with E-state index in [0.29, 0.717) is 0 Å². The van der Waals surface area contributed by atoms with Gasteiger partial charge in [0.05, 0.1) is 6.61 Å². The second-order valence-electron chi connectivity index (χ2n) is 4.77. The summed E-state index contributed by atoms with van der Waals surface area (Å²) in [6, 6.07) is 1.25. The van der Waals surface area contributed by atoms with Gasteiger partial charge in [0.15, 0.2) is 17.3 Å². The molecule has 0 bridgehead atoms. The van der Waals surface area contributed by atoms with E-state index < -0.39 is 31.1 Å². The lowest BCUT2D eigenvalue weighted by Crippen LogP contribution is -2.33. The summed E-state index contributed by atoms with van der Waals surface area (Å²) < 4.78 is 6.81. The molecule has 0 saturated carbocycles. The fraction of sp³-hybridized carbons (Fsp3) is 0.417. The first kappa shape index (κ1) is 13.9. The molecule has 5 N–H and O–H groups in total. The van der Waals surface area contributed by atoms with Crippen molar-refractivity contribution in [3.05, 3.63) is 28.8 Å². The first-order valence-corrected chi connectivity index (χ1v) is 6.28. The van der Waals surface area contributed by atoms with Gasteiger partial charge in [0.25, 0.3) is 0 Å². The van der Waals surface area contributed by atoms with Crippen molar-refractivity contribution in [2.75, 3.05) is 12.3 Å². The quantitative estimate of drug-likeness (QED) is 0.497. The van der Waals surface area contributed by atoms with Crippen molar-refractivity contribution in [1.29, 1.82) is 0 Å². The Kier molecular flexibility index (Phi) is 3.33. The third kappa shape index (κ3) is 2.07. The van der Waals surface area contributed by atoms with Crippen molar-refractivity contribution in [2.24, 2.45) is 0 Å². The highest BCUT2D eigenvalue weighted by atomic mass is 16.6. The number of pyridine rings is 1. The van der Waals surface area contributed by atoms with E-state index in [9.17, 15) is 15.0 Å². The number of rotatable bonds is 2. The topological polar surface area (TPSA) is 144 Å². The summed E-state index contributed by atoms with van der Waals surface area (Å²) in [6.07, 6.45) is -1.85. The molecule has 0 radical (unpaired) electrons. The van der Waals surface area contributed by atoms with E-state index >= 15 is 0 Å². The fourth-order valence-electron chi connectivity index (χ4n) is 2.44. The SMILES string of the molecule is Nc1ncnc2c1c(=O)ccn2[C@@H]1O[C@H](CO)[C@@H](O)[C@@H]1O. The Hall–Kier alpha value is -2.07. The van der Waals surface area contributed by atoms with Crippen molar-refractivity contribution >= 4 is 16.9 Å². The Bertz CT molecular complexity index is 733. The number of nitrogens with two attached hydrogens (primary N) is 1. The van der Waals surface area contributed by atoms with Crippen molar-refractivity contribution in [3.8, 4) is 0 Å². The molecule has 1 aliphatic rings. The predicted molar refractivity (Wildman–Crippen MR) is 71.2 cm³/mol. The van der Waals surface area contributed by atoms with Crippen LogP contribution in [0.4, 0.5) is 5.82 Å². The number of hydrogen-bond acceptors (Lipinski definition) is 8. The van der Waals surface area contributed by atoms with Crippen molar-refractivity contribution < 1.29 is 20.1 Å². The third-order valence-electron chi connectivity index (χ3n) is 3.53. The van der Waals surface area contributed by atoms with Crippen LogP contribution >= 0.6 is 0 Å². The molecular weight excluding hydrogens is 280 g/mol. The minimum atomic E-state index is -1.27. The van der Waals surface area contributed by atoms with Crippen LogP contribution in [0, 0.1) is 0 Å². The van der Waals surface area contributed by atoms with Crippen LogP contribution in [-0.2, 0) is 4.74 Å². The highest BCUT2D eigenvalue weighted by Crippen LogP contribution is 2.30. The number of nitrogens with zero attached hydrogens (tertiary/aromatic N) is 3. The number of nitrogen functional groups attached to an aromatic ring is 1. The molecule has 2 aromatic heterocycles. The molecule has 21 heavy (non-hydrogen) atoms. The van der Waals surface area contributed by atoms with Gasteiger partial charge in [-0.3, -0.25) is 4.79 Å². The van der Waals surface area contributed by atoms with Crippen LogP contribution in [-0.4, -0.2) is 54.8 Å². The summed E-state index contributed by atoms with van der Waals surface area (Å²) in [7, 11) is 0.